The lowest BCUT2D eigenvalue weighted by Gasteiger charge is -2.17. The van der Waals surface area contributed by atoms with Crippen molar-refractivity contribution in [3.63, 3.8) is 0 Å². The maximum atomic E-state index is 12.8. The number of halogens is 1. The standard InChI is InChI=1S/C11H13FN2O3/c1-6(2)9(11(16)17)14-10(15)7-3-8(12)5-13-4-7/h3-6,9H,1-2H3,(H,14,15)(H,16,17)/t9-/m1/s1. The summed E-state index contributed by atoms with van der Waals surface area (Å²) in [5.41, 5.74) is -0.00287. The Morgan fingerprint density at radius 3 is 2.53 bits per heavy atom. The third-order valence-electron chi connectivity index (χ3n) is 2.19. The van der Waals surface area contributed by atoms with Crippen molar-refractivity contribution in [2.75, 3.05) is 0 Å². The first-order valence-corrected chi connectivity index (χ1v) is 5.06. The molecule has 1 heterocycles. The second-order valence-corrected chi connectivity index (χ2v) is 3.93. The Labute approximate surface area is 97.7 Å². The van der Waals surface area contributed by atoms with E-state index in [0.717, 1.165) is 12.3 Å². The zero-order chi connectivity index (χ0) is 13.0. The number of nitrogens with one attached hydrogen (secondary N) is 1. The Hall–Kier alpha value is -1.98. The van der Waals surface area contributed by atoms with E-state index in [0.29, 0.717) is 0 Å². The molecule has 0 bridgehead atoms. The van der Waals surface area contributed by atoms with Gasteiger partial charge in [-0.2, -0.15) is 0 Å². The molecule has 92 valence electrons. The van der Waals surface area contributed by atoms with Crippen LogP contribution in [0, 0.1) is 11.7 Å². The van der Waals surface area contributed by atoms with E-state index in [1.165, 1.54) is 6.20 Å². The number of hydrogen-bond acceptors (Lipinski definition) is 3. The fourth-order valence-corrected chi connectivity index (χ4v) is 1.27. The van der Waals surface area contributed by atoms with Crippen LogP contribution in [0.1, 0.15) is 24.2 Å². The van der Waals surface area contributed by atoms with Crippen molar-refractivity contribution in [2.45, 2.75) is 19.9 Å². The van der Waals surface area contributed by atoms with E-state index in [1.807, 2.05) is 0 Å². The third kappa shape index (κ3) is 3.51. The van der Waals surface area contributed by atoms with Crippen molar-refractivity contribution in [3.8, 4) is 0 Å². The largest absolute Gasteiger partial charge is 0.480 e. The van der Waals surface area contributed by atoms with Crippen LogP contribution in [0.3, 0.4) is 0 Å². The normalized spacial score (nSPS) is 12.2. The number of carbonyl (C=O) groups is 2. The molecule has 0 saturated heterocycles. The van der Waals surface area contributed by atoms with E-state index in [9.17, 15) is 14.0 Å². The summed E-state index contributed by atoms with van der Waals surface area (Å²) in [6, 6.07) is -0.00699. The maximum absolute atomic E-state index is 12.8. The van der Waals surface area contributed by atoms with Crippen LogP contribution in [0.4, 0.5) is 4.39 Å². The number of aromatic nitrogens is 1. The monoisotopic (exact) mass is 240 g/mol. The van der Waals surface area contributed by atoms with Crippen LogP contribution < -0.4 is 5.32 Å². The number of carbonyl (C=O) groups excluding carboxylic acids is 1. The molecule has 0 aromatic carbocycles. The minimum absolute atomic E-state index is 0.00287. The van der Waals surface area contributed by atoms with E-state index in [1.54, 1.807) is 13.8 Å². The molecule has 1 amide bonds. The first-order chi connectivity index (χ1) is 7.91. The van der Waals surface area contributed by atoms with Crippen molar-refractivity contribution in [1.29, 1.82) is 0 Å². The van der Waals surface area contributed by atoms with Gasteiger partial charge in [0.1, 0.15) is 11.9 Å². The van der Waals surface area contributed by atoms with E-state index < -0.39 is 23.7 Å². The van der Waals surface area contributed by atoms with Crippen LogP contribution in [0.5, 0.6) is 0 Å². The number of amides is 1. The molecule has 0 aliphatic rings. The minimum Gasteiger partial charge on any atom is -0.480 e. The number of carboxylic acid groups (broad SMARTS) is 1. The lowest BCUT2D eigenvalue weighted by atomic mass is 10.0. The highest BCUT2D eigenvalue weighted by atomic mass is 19.1. The number of hydrogen-bond donors (Lipinski definition) is 2. The lowest BCUT2D eigenvalue weighted by molar-refractivity contribution is -0.140. The summed E-state index contributed by atoms with van der Waals surface area (Å²) in [7, 11) is 0. The van der Waals surface area contributed by atoms with Crippen molar-refractivity contribution >= 4 is 11.9 Å². The van der Waals surface area contributed by atoms with Gasteiger partial charge >= 0.3 is 5.97 Å². The van der Waals surface area contributed by atoms with Gasteiger partial charge in [0.25, 0.3) is 5.91 Å². The summed E-state index contributed by atoms with van der Waals surface area (Å²) in [6.07, 6.45) is 2.14. The van der Waals surface area contributed by atoms with Crippen molar-refractivity contribution in [2.24, 2.45) is 5.92 Å². The highest BCUT2D eigenvalue weighted by Gasteiger charge is 2.24. The molecule has 1 aromatic rings. The molecule has 0 aliphatic carbocycles. The average molecular weight is 240 g/mol. The molecule has 0 saturated carbocycles. The van der Waals surface area contributed by atoms with Crippen LogP contribution in [0.2, 0.25) is 0 Å². The highest BCUT2D eigenvalue weighted by molar-refractivity contribution is 5.96. The van der Waals surface area contributed by atoms with Gasteiger partial charge in [0.15, 0.2) is 0 Å². The van der Waals surface area contributed by atoms with Crippen molar-refractivity contribution in [3.05, 3.63) is 29.8 Å². The minimum atomic E-state index is -1.13. The Morgan fingerprint density at radius 2 is 2.06 bits per heavy atom. The molecular formula is C11H13FN2O3. The molecule has 0 aliphatic heterocycles. The summed E-state index contributed by atoms with van der Waals surface area (Å²) in [4.78, 5) is 26.0. The molecule has 0 radical (unpaired) electrons. The fourth-order valence-electron chi connectivity index (χ4n) is 1.27. The summed E-state index contributed by atoms with van der Waals surface area (Å²) in [5, 5.41) is 11.2. The Kier molecular flexibility index (Phi) is 4.14. The quantitative estimate of drug-likeness (QED) is 0.824. The van der Waals surface area contributed by atoms with Gasteiger partial charge < -0.3 is 10.4 Å². The molecule has 0 fully saturated rings. The van der Waals surface area contributed by atoms with Gasteiger partial charge in [-0.25, -0.2) is 9.18 Å². The van der Waals surface area contributed by atoms with Gasteiger partial charge in [-0.3, -0.25) is 9.78 Å². The second-order valence-electron chi connectivity index (χ2n) is 3.93. The van der Waals surface area contributed by atoms with Gasteiger partial charge in [-0.15, -0.1) is 0 Å². The van der Waals surface area contributed by atoms with Crippen molar-refractivity contribution in [1.82, 2.24) is 10.3 Å². The summed E-state index contributed by atoms with van der Waals surface area (Å²) < 4.78 is 12.8. The summed E-state index contributed by atoms with van der Waals surface area (Å²) >= 11 is 0. The van der Waals surface area contributed by atoms with E-state index >= 15 is 0 Å². The van der Waals surface area contributed by atoms with Crippen LogP contribution in [0.25, 0.3) is 0 Å². The van der Waals surface area contributed by atoms with Crippen LogP contribution in [-0.2, 0) is 4.79 Å². The van der Waals surface area contributed by atoms with Gasteiger partial charge in [0, 0.05) is 6.20 Å². The topological polar surface area (TPSA) is 79.3 Å². The van der Waals surface area contributed by atoms with E-state index in [4.69, 9.17) is 5.11 Å². The van der Waals surface area contributed by atoms with E-state index in [-0.39, 0.29) is 11.5 Å². The van der Waals surface area contributed by atoms with E-state index in [2.05, 4.69) is 10.3 Å². The molecule has 1 rings (SSSR count). The lowest BCUT2D eigenvalue weighted by Crippen LogP contribution is -2.44. The molecule has 2 N–H and O–H groups in total. The molecule has 5 nitrogen and oxygen atoms in total. The molecule has 1 atom stereocenters. The zero-order valence-electron chi connectivity index (χ0n) is 9.48. The number of carboxylic acids is 1. The second kappa shape index (κ2) is 5.38. The first kappa shape index (κ1) is 13.1. The SMILES string of the molecule is CC(C)[C@@H](NC(=O)c1cncc(F)c1)C(=O)O. The molecule has 0 spiro atoms. The Balaban J connectivity index is 2.81. The highest BCUT2D eigenvalue weighted by Crippen LogP contribution is 2.05. The van der Waals surface area contributed by atoms with Crippen LogP contribution in [-0.4, -0.2) is 28.0 Å². The molecule has 1 aromatic heterocycles. The molecular weight excluding hydrogens is 227 g/mol. The molecule has 0 unspecified atom stereocenters. The predicted molar refractivity (Wildman–Crippen MR) is 57.9 cm³/mol. The van der Waals surface area contributed by atoms with Gasteiger partial charge in [0.05, 0.1) is 11.8 Å². The number of nitrogens with zero attached hydrogens (tertiary/aromatic N) is 1. The zero-order valence-corrected chi connectivity index (χ0v) is 9.48. The summed E-state index contributed by atoms with van der Waals surface area (Å²) in [6.45, 7) is 3.34. The van der Waals surface area contributed by atoms with Crippen molar-refractivity contribution < 1.29 is 19.1 Å². The molecule has 17 heavy (non-hydrogen) atoms. The summed E-state index contributed by atoms with van der Waals surface area (Å²) in [5.74, 6) is -2.69. The van der Waals surface area contributed by atoms with Gasteiger partial charge in [-0.1, -0.05) is 13.8 Å². The Morgan fingerprint density at radius 1 is 1.41 bits per heavy atom. The number of pyridine rings is 1. The Bertz CT molecular complexity index is 434. The number of rotatable bonds is 4. The average Bonchev–Trinajstić information content (AvgIpc) is 2.24. The number of aliphatic carboxylic acids is 1. The smallest absolute Gasteiger partial charge is 0.326 e. The molecule has 6 heteroatoms. The first-order valence-electron chi connectivity index (χ1n) is 5.06. The predicted octanol–water partition coefficient (Wildman–Crippen LogP) is 1.06. The van der Waals surface area contributed by atoms with Crippen LogP contribution in [0.15, 0.2) is 18.5 Å². The van der Waals surface area contributed by atoms with Gasteiger partial charge in [0.2, 0.25) is 0 Å². The maximum Gasteiger partial charge on any atom is 0.326 e. The van der Waals surface area contributed by atoms with Gasteiger partial charge in [-0.05, 0) is 12.0 Å². The fraction of sp³-hybridized carbons (Fsp3) is 0.364. The van der Waals surface area contributed by atoms with Crippen LogP contribution >= 0.6 is 0 Å². The third-order valence-corrected chi connectivity index (χ3v) is 2.19.